The fraction of sp³-hybridized carbons (Fsp3) is 0.889. The van der Waals surface area contributed by atoms with Gasteiger partial charge in [0.05, 0.1) is 26.4 Å². The van der Waals surface area contributed by atoms with Gasteiger partial charge in [0.15, 0.2) is 12.2 Å². The summed E-state index contributed by atoms with van der Waals surface area (Å²) in [7, 11) is -9.87. The first-order valence-corrected chi connectivity index (χ1v) is 35.6. The highest BCUT2D eigenvalue weighted by atomic mass is 31.2. The Bertz CT molecular complexity index is 1550. The molecule has 0 aromatic carbocycles. The minimum Gasteiger partial charge on any atom is -0.462 e. The Hall–Kier alpha value is -1.94. The predicted molar refractivity (Wildman–Crippen MR) is 327 cm³/mol. The zero-order valence-electron chi connectivity index (χ0n) is 52.2. The van der Waals surface area contributed by atoms with Crippen molar-refractivity contribution in [1.82, 2.24) is 0 Å². The van der Waals surface area contributed by atoms with E-state index >= 15 is 0 Å². The Morgan fingerprint density at radius 1 is 0.329 bits per heavy atom. The lowest BCUT2D eigenvalue weighted by atomic mass is 10.0. The standard InChI is InChI=1S/C56H106O17P2.C7H15/c1-5-9-13-17-21-22-23-24-25-26-27-28-31-35-39-43-56(61)73-52(47-67-54(59)41-37-33-29-18-14-10-6-2)49-71-75(64,65)69-45-50(57)44-68-74(62,63)70-48-51(46-66-53(58)40-36-32-20-16-12-8-4)72-55(60)42-38-34-30-19-15-11-7-3;1-3-5-7-6-4-2/h50-52,57H,2-3,5-49H2,1,4H3,(H,62,63)(H,64,65);1,3-7H2,2H3/q-2;-1/t50-,51+,52+;/m0./s1. The van der Waals surface area contributed by atoms with Crippen molar-refractivity contribution < 1.29 is 80.2 Å². The van der Waals surface area contributed by atoms with Gasteiger partial charge in [-0.25, -0.2) is 9.13 Å². The molecule has 19 heteroatoms. The Balaban J connectivity index is 0. The molecule has 0 spiro atoms. The average molecular weight is 1210 g/mol. The van der Waals surface area contributed by atoms with E-state index in [1.54, 1.807) is 0 Å². The van der Waals surface area contributed by atoms with Crippen LogP contribution in [0.1, 0.15) is 303 Å². The van der Waals surface area contributed by atoms with E-state index in [4.69, 9.17) is 37.0 Å². The second-order valence-electron chi connectivity index (χ2n) is 21.9. The minimum absolute atomic E-state index is 0.0896. The maximum absolute atomic E-state index is 12.9. The minimum atomic E-state index is -4.94. The van der Waals surface area contributed by atoms with Gasteiger partial charge in [0.2, 0.25) is 0 Å². The van der Waals surface area contributed by atoms with Crippen LogP contribution in [-0.4, -0.2) is 96.7 Å². The summed E-state index contributed by atoms with van der Waals surface area (Å²) >= 11 is 0. The molecule has 0 aliphatic heterocycles. The molecule has 2 unspecified atom stereocenters. The molecule has 82 heavy (non-hydrogen) atoms. The van der Waals surface area contributed by atoms with Crippen LogP contribution < -0.4 is 0 Å². The van der Waals surface area contributed by atoms with Crippen molar-refractivity contribution in [2.24, 2.45) is 0 Å². The van der Waals surface area contributed by atoms with Gasteiger partial charge in [0.1, 0.15) is 19.3 Å². The fourth-order valence-electron chi connectivity index (χ4n) is 8.68. The average Bonchev–Trinajstić information content (AvgIpc) is 3.47. The van der Waals surface area contributed by atoms with Crippen LogP contribution in [0.5, 0.6) is 0 Å². The largest absolute Gasteiger partial charge is 0.472 e. The van der Waals surface area contributed by atoms with Gasteiger partial charge < -0.3 is 54.6 Å². The number of hydrogen-bond donors (Lipinski definition) is 3. The zero-order valence-corrected chi connectivity index (χ0v) is 53.9. The van der Waals surface area contributed by atoms with E-state index in [0.717, 1.165) is 141 Å². The van der Waals surface area contributed by atoms with Crippen molar-refractivity contribution in [1.29, 1.82) is 0 Å². The Kier molecular flexibility index (Phi) is 60.8. The third-order valence-electron chi connectivity index (χ3n) is 13.7. The SMILES string of the molecule is [CH2-]CCCCCC.[CH2-]CCCCCCCCC(=O)OC[C@H](COP(=O)(O)OC[C@@H](O)COP(=O)(O)OC[C@@H](COC(=O)CCCCCCCC)OC(=O)CCCCCCCC[CH2-])OC(=O)CCCCCCCCCCCCCCCCC. The number of aliphatic hydroxyl groups is 1. The highest BCUT2D eigenvalue weighted by Crippen LogP contribution is 2.45. The van der Waals surface area contributed by atoms with Crippen LogP contribution in [0.15, 0.2) is 0 Å². The van der Waals surface area contributed by atoms with Crippen LogP contribution in [0.3, 0.4) is 0 Å². The van der Waals surface area contributed by atoms with Gasteiger partial charge in [-0.15, -0.1) is 0 Å². The second-order valence-corrected chi connectivity index (χ2v) is 24.9. The van der Waals surface area contributed by atoms with Crippen LogP contribution in [0.25, 0.3) is 0 Å². The van der Waals surface area contributed by atoms with Crippen molar-refractivity contribution in [3.05, 3.63) is 20.8 Å². The van der Waals surface area contributed by atoms with E-state index in [2.05, 4.69) is 41.5 Å². The van der Waals surface area contributed by atoms with Gasteiger partial charge in [-0.05, 0) is 25.7 Å². The lowest BCUT2D eigenvalue weighted by Gasteiger charge is -2.21. The first kappa shape index (κ1) is 82.1. The number of carbonyl (C=O) groups excluding carboxylic acids is 4. The van der Waals surface area contributed by atoms with E-state index < -0.39 is 97.5 Å². The van der Waals surface area contributed by atoms with E-state index in [1.807, 2.05) is 0 Å². The summed E-state index contributed by atoms with van der Waals surface area (Å²) in [6.07, 6.45) is 39.2. The maximum atomic E-state index is 12.9. The summed E-state index contributed by atoms with van der Waals surface area (Å²) in [4.78, 5) is 71.4. The molecule has 0 aliphatic rings. The van der Waals surface area contributed by atoms with Gasteiger partial charge in [-0.3, -0.25) is 37.3 Å². The molecule has 0 amide bonds. The highest BCUT2D eigenvalue weighted by Gasteiger charge is 2.30. The van der Waals surface area contributed by atoms with Crippen molar-refractivity contribution >= 4 is 39.5 Å². The molecular weight excluding hydrogens is 1090 g/mol. The van der Waals surface area contributed by atoms with Crippen LogP contribution in [0, 0.1) is 20.8 Å². The number of esters is 4. The number of phosphoric ester groups is 2. The second kappa shape index (κ2) is 60.7. The van der Waals surface area contributed by atoms with Crippen LogP contribution in [0.4, 0.5) is 0 Å². The molecule has 5 atom stereocenters. The predicted octanol–water partition coefficient (Wildman–Crippen LogP) is 17.2. The molecule has 0 aromatic heterocycles. The first-order chi connectivity index (χ1) is 39.6. The molecule has 0 radical (unpaired) electrons. The third-order valence-corrected chi connectivity index (χ3v) is 15.6. The van der Waals surface area contributed by atoms with Crippen LogP contribution in [0.2, 0.25) is 0 Å². The zero-order chi connectivity index (χ0) is 61.1. The number of unbranched alkanes of at least 4 members (excludes halogenated alkanes) is 35. The Labute approximate surface area is 499 Å². The molecule has 0 saturated heterocycles. The number of carbonyl (C=O) groups is 4. The first-order valence-electron chi connectivity index (χ1n) is 32.6. The number of aliphatic hydroxyl groups excluding tert-OH is 1. The summed E-state index contributed by atoms with van der Waals surface area (Å²) in [5, 5.41) is 10.4. The smallest absolute Gasteiger partial charge is 0.462 e. The summed E-state index contributed by atoms with van der Waals surface area (Å²) in [5.41, 5.74) is 0. The van der Waals surface area contributed by atoms with Gasteiger partial charge in [0.25, 0.3) is 0 Å². The molecule has 488 valence electrons. The lowest BCUT2D eigenvalue weighted by Crippen LogP contribution is -2.30. The molecule has 0 heterocycles. The molecule has 0 fully saturated rings. The molecule has 0 aromatic rings. The summed E-state index contributed by atoms with van der Waals surface area (Å²) in [6, 6.07) is 0. The monoisotopic (exact) mass is 1210 g/mol. The van der Waals surface area contributed by atoms with Gasteiger partial charge >= 0.3 is 39.5 Å². The van der Waals surface area contributed by atoms with Crippen molar-refractivity contribution in [2.45, 2.75) is 322 Å². The number of rotatable bonds is 61. The van der Waals surface area contributed by atoms with E-state index in [0.29, 0.717) is 25.7 Å². The van der Waals surface area contributed by atoms with E-state index in [-0.39, 0.29) is 25.7 Å². The lowest BCUT2D eigenvalue weighted by molar-refractivity contribution is -0.161. The molecular formula is C63H121O17P2-3. The quantitative estimate of drug-likeness (QED) is 0.0169. The van der Waals surface area contributed by atoms with Gasteiger partial charge in [0, 0.05) is 25.7 Å². The number of hydrogen-bond acceptors (Lipinski definition) is 15. The molecule has 3 N–H and O–H groups in total. The molecule has 0 saturated carbocycles. The molecule has 0 bridgehead atoms. The van der Waals surface area contributed by atoms with Crippen molar-refractivity contribution in [2.75, 3.05) is 39.6 Å². The topological polar surface area (TPSA) is 237 Å². The normalized spacial score (nSPS) is 14.0. The molecule has 0 rings (SSSR count). The van der Waals surface area contributed by atoms with Gasteiger partial charge in [-0.2, -0.15) is 19.3 Å². The van der Waals surface area contributed by atoms with E-state index in [1.165, 1.54) is 89.9 Å². The number of ether oxygens (including phenoxy) is 4. The van der Waals surface area contributed by atoms with Crippen molar-refractivity contribution in [3.8, 4) is 0 Å². The summed E-state index contributed by atoms with van der Waals surface area (Å²) < 4.78 is 67.3. The third kappa shape index (κ3) is 61.2. The fourth-order valence-corrected chi connectivity index (χ4v) is 10.3. The van der Waals surface area contributed by atoms with Gasteiger partial charge in [-0.1, -0.05) is 233 Å². The number of phosphoric acid groups is 2. The molecule has 17 nitrogen and oxygen atoms in total. The maximum Gasteiger partial charge on any atom is 0.472 e. The highest BCUT2D eigenvalue weighted by molar-refractivity contribution is 7.47. The van der Waals surface area contributed by atoms with Crippen LogP contribution in [-0.2, 0) is 65.4 Å². The Morgan fingerprint density at radius 3 is 0.817 bits per heavy atom. The molecule has 0 aliphatic carbocycles. The van der Waals surface area contributed by atoms with Crippen LogP contribution >= 0.6 is 15.6 Å². The van der Waals surface area contributed by atoms with Crippen molar-refractivity contribution in [3.63, 3.8) is 0 Å². The van der Waals surface area contributed by atoms with E-state index in [9.17, 15) is 43.2 Å². The Morgan fingerprint density at radius 2 is 0.549 bits per heavy atom. The summed E-state index contributed by atoms with van der Waals surface area (Å²) in [5.74, 6) is -2.19. The summed E-state index contributed by atoms with van der Waals surface area (Å²) in [6.45, 7) is 14.0.